The van der Waals surface area contributed by atoms with Crippen molar-refractivity contribution in [1.82, 2.24) is 20.2 Å². The SMILES string of the molecule is Cc1[nH]nc(C(=O)Cc2cnc3[nH]c(-c4cccc5c4OCC5)cc3c2)c1C. The number of para-hydroxylation sites is 1. The minimum absolute atomic E-state index is 0.00645. The molecule has 1 aromatic carbocycles. The zero-order chi connectivity index (χ0) is 19.3. The first-order chi connectivity index (χ1) is 13.6. The van der Waals surface area contributed by atoms with Gasteiger partial charge in [-0.3, -0.25) is 9.89 Å². The highest BCUT2D eigenvalue weighted by molar-refractivity contribution is 5.97. The van der Waals surface area contributed by atoms with Gasteiger partial charge in [0, 0.05) is 41.2 Å². The van der Waals surface area contributed by atoms with E-state index in [0.717, 1.165) is 57.9 Å². The number of ketones is 1. The van der Waals surface area contributed by atoms with E-state index in [1.165, 1.54) is 5.56 Å². The maximum Gasteiger partial charge on any atom is 0.187 e. The molecule has 0 amide bonds. The molecule has 6 heteroatoms. The molecule has 0 bridgehead atoms. The smallest absolute Gasteiger partial charge is 0.187 e. The Morgan fingerprint density at radius 3 is 2.96 bits per heavy atom. The first-order valence-electron chi connectivity index (χ1n) is 9.37. The average Bonchev–Trinajstić information content (AvgIpc) is 3.40. The third-order valence-electron chi connectivity index (χ3n) is 5.41. The normalized spacial score (nSPS) is 12.9. The summed E-state index contributed by atoms with van der Waals surface area (Å²) < 4.78 is 5.82. The van der Waals surface area contributed by atoms with Gasteiger partial charge in [-0.2, -0.15) is 5.10 Å². The van der Waals surface area contributed by atoms with Crippen LogP contribution in [-0.2, 0) is 12.8 Å². The minimum Gasteiger partial charge on any atom is -0.492 e. The van der Waals surface area contributed by atoms with Crippen molar-refractivity contribution in [2.24, 2.45) is 0 Å². The Kier molecular flexibility index (Phi) is 3.79. The third kappa shape index (κ3) is 2.69. The molecule has 0 saturated heterocycles. The van der Waals surface area contributed by atoms with Crippen molar-refractivity contribution in [3.05, 3.63) is 64.6 Å². The lowest BCUT2D eigenvalue weighted by atomic mass is 10.0. The molecule has 140 valence electrons. The van der Waals surface area contributed by atoms with Gasteiger partial charge in [0.25, 0.3) is 0 Å². The second-order valence-electron chi connectivity index (χ2n) is 7.28. The number of hydrogen-bond donors (Lipinski definition) is 2. The van der Waals surface area contributed by atoms with Crippen molar-refractivity contribution >= 4 is 16.8 Å². The lowest BCUT2D eigenvalue weighted by molar-refractivity contribution is 0.0987. The number of H-pyrrole nitrogens is 2. The molecular formula is C22H20N4O2. The molecule has 0 atom stereocenters. The Balaban J connectivity index is 1.47. The largest absolute Gasteiger partial charge is 0.492 e. The Bertz CT molecular complexity index is 1220. The van der Waals surface area contributed by atoms with E-state index in [1.54, 1.807) is 6.20 Å². The number of carbonyl (C=O) groups excluding carboxylic acids is 1. The minimum atomic E-state index is -0.00645. The van der Waals surface area contributed by atoms with Crippen LogP contribution in [0.4, 0.5) is 0 Å². The fourth-order valence-electron chi connectivity index (χ4n) is 3.76. The number of aromatic amines is 2. The van der Waals surface area contributed by atoms with Gasteiger partial charge in [-0.1, -0.05) is 12.1 Å². The quantitative estimate of drug-likeness (QED) is 0.532. The van der Waals surface area contributed by atoms with Crippen LogP contribution in [0.5, 0.6) is 5.75 Å². The number of aryl methyl sites for hydroxylation is 1. The lowest BCUT2D eigenvalue weighted by Gasteiger charge is -2.05. The van der Waals surface area contributed by atoms with Gasteiger partial charge in [-0.25, -0.2) is 4.98 Å². The summed E-state index contributed by atoms with van der Waals surface area (Å²) >= 11 is 0. The summed E-state index contributed by atoms with van der Waals surface area (Å²) in [6.45, 7) is 4.55. The van der Waals surface area contributed by atoms with Crippen LogP contribution in [0.1, 0.15) is 32.9 Å². The van der Waals surface area contributed by atoms with Crippen molar-refractivity contribution in [3.63, 3.8) is 0 Å². The van der Waals surface area contributed by atoms with E-state index in [-0.39, 0.29) is 12.2 Å². The average molecular weight is 372 g/mol. The molecule has 1 aliphatic heterocycles. The van der Waals surface area contributed by atoms with Crippen molar-refractivity contribution in [2.75, 3.05) is 6.61 Å². The van der Waals surface area contributed by atoms with E-state index in [4.69, 9.17) is 4.74 Å². The maximum absolute atomic E-state index is 12.6. The summed E-state index contributed by atoms with van der Waals surface area (Å²) in [5.74, 6) is 0.946. The molecule has 0 spiro atoms. The number of benzene rings is 1. The molecule has 0 unspecified atom stereocenters. The number of aromatic nitrogens is 4. The summed E-state index contributed by atoms with van der Waals surface area (Å²) in [5.41, 5.74) is 7.26. The first-order valence-corrected chi connectivity index (χ1v) is 9.37. The van der Waals surface area contributed by atoms with Gasteiger partial charge in [-0.15, -0.1) is 0 Å². The fourth-order valence-corrected chi connectivity index (χ4v) is 3.76. The summed E-state index contributed by atoms with van der Waals surface area (Å²) in [6, 6.07) is 10.3. The molecule has 0 saturated carbocycles. The molecule has 3 aromatic heterocycles. The summed E-state index contributed by atoms with van der Waals surface area (Å²) in [6.07, 6.45) is 2.97. The lowest BCUT2D eigenvalue weighted by Crippen LogP contribution is -2.06. The van der Waals surface area contributed by atoms with Crippen molar-refractivity contribution in [1.29, 1.82) is 0 Å². The molecule has 0 aliphatic carbocycles. The van der Waals surface area contributed by atoms with E-state index in [1.807, 2.05) is 19.9 Å². The van der Waals surface area contributed by atoms with Crippen molar-refractivity contribution in [3.8, 4) is 17.0 Å². The number of hydrogen-bond acceptors (Lipinski definition) is 4. The predicted octanol–water partition coefficient (Wildman–Crippen LogP) is 3.93. The summed E-state index contributed by atoms with van der Waals surface area (Å²) in [5, 5.41) is 7.99. The molecule has 28 heavy (non-hydrogen) atoms. The standard InChI is InChI=1S/C22H20N4O2/c1-12-13(2)25-26-20(12)19(27)9-14-8-16-10-18(24-22(16)23-11-14)17-5-3-4-15-6-7-28-21(15)17/h3-5,8,10-11H,6-7,9H2,1-2H3,(H,23,24)(H,25,26). The molecule has 4 aromatic rings. The molecule has 2 N–H and O–H groups in total. The van der Waals surface area contributed by atoms with Crippen molar-refractivity contribution < 1.29 is 9.53 Å². The van der Waals surface area contributed by atoms with E-state index in [9.17, 15) is 4.79 Å². The Morgan fingerprint density at radius 2 is 2.14 bits per heavy atom. The maximum atomic E-state index is 12.6. The number of ether oxygens (including phenoxy) is 1. The van der Waals surface area contributed by atoms with E-state index < -0.39 is 0 Å². The van der Waals surface area contributed by atoms with E-state index in [2.05, 4.69) is 44.4 Å². The predicted molar refractivity (Wildman–Crippen MR) is 107 cm³/mol. The molecule has 1 aliphatic rings. The van der Waals surface area contributed by atoms with Gasteiger partial charge in [0.15, 0.2) is 5.78 Å². The molecule has 0 radical (unpaired) electrons. The fraction of sp³-hybridized carbons (Fsp3) is 0.227. The molecule has 5 rings (SSSR count). The van der Waals surface area contributed by atoms with Gasteiger partial charge >= 0.3 is 0 Å². The van der Waals surface area contributed by atoms with Crippen LogP contribution in [0.15, 0.2) is 36.5 Å². The summed E-state index contributed by atoms with van der Waals surface area (Å²) in [4.78, 5) is 20.5. The highest BCUT2D eigenvalue weighted by Crippen LogP contribution is 2.37. The topological polar surface area (TPSA) is 83.7 Å². The van der Waals surface area contributed by atoms with Crippen molar-refractivity contribution in [2.45, 2.75) is 26.7 Å². The Morgan fingerprint density at radius 1 is 1.25 bits per heavy atom. The number of Topliss-reactive ketones (excluding diaryl/α,β-unsaturated/α-hetero) is 1. The highest BCUT2D eigenvalue weighted by atomic mass is 16.5. The van der Waals surface area contributed by atoms with E-state index in [0.29, 0.717) is 5.69 Å². The van der Waals surface area contributed by atoms with Crippen LogP contribution >= 0.6 is 0 Å². The van der Waals surface area contributed by atoms with Gasteiger partial charge in [-0.05, 0) is 43.2 Å². The number of nitrogens with zero attached hydrogens (tertiary/aromatic N) is 2. The highest BCUT2D eigenvalue weighted by Gasteiger charge is 2.19. The molecule has 0 fully saturated rings. The van der Waals surface area contributed by atoms with Gasteiger partial charge in [0.05, 0.1) is 12.3 Å². The number of rotatable bonds is 4. The zero-order valence-electron chi connectivity index (χ0n) is 15.8. The Hall–Kier alpha value is -3.41. The summed E-state index contributed by atoms with van der Waals surface area (Å²) in [7, 11) is 0. The molecule has 4 heterocycles. The van der Waals surface area contributed by atoms with Crippen LogP contribution in [0.2, 0.25) is 0 Å². The second kappa shape index (κ2) is 6.34. The zero-order valence-corrected chi connectivity index (χ0v) is 15.8. The third-order valence-corrected chi connectivity index (χ3v) is 5.41. The van der Waals surface area contributed by atoms with Crippen LogP contribution in [0, 0.1) is 13.8 Å². The monoisotopic (exact) mass is 372 g/mol. The number of carbonyl (C=O) groups is 1. The number of fused-ring (bicyclic) bond motifs is 2. The Labute approximate surface area is 162 Å². The van der Waals surface area contributed by atoms with E-state index >= 15 is 0 Å². The number of pyridine rings is 1. The van der Waals surface area contributed by atoms with Gasteiger partial charge in [0.2, 0.25) is 0 Å². The number of nitrogens with one attached hydrogen (secondary N) is 2. The van der Waals surface area contributed by atoms with Crippen LogP contribution < -0.4 is 4.74 Å². The van der Waals surface area contributed by atoms with Gasteiger partial charge in [0.1, 0.15) is 17.1 Å². The van der Waals surface area contributed by atoms with Gasteiger partial charge < -0.3 is 9.72 Å². The van der Waals surface area contributed by atoms with Crippen LogP contribution in [-0.4, -0.2) is 32.6 Å². The molecular weight excluding hydrogens is 352 g/mol. The van der Waals surface area contributed by atoms with Crippen LogP contribution in [0.3, 0.4) is 0 Å². The first kappa shape index (κ1) is 16.7. The van der Waals surface area contributed by atoms with Crippen LogP contribution in [0.25, 0.3) is 22.3 Å². The molecule has 6 nitrogen and oxygen atoms in total. The second-order valence-corrected chi connectivity index (χ2v) is 7.28.